The minimum absolute atomic E-state index is 0. The molecule has 0 amide bonds. The van der Waals surface area contributed by atoms with Gasteiger partial charge in [-0.05, 0) is 17.4 Å². The van der Waals surface area contributed by atoms with Gasteiger partial charge in [0.25, 0.3) is 0 Å². The highest BCUT2D eigenvalue weighted by atomic mass is 35.5. The largest absolute Gasteiger partial charge is 0.279 e. The van der Waals surface area contributed by atoms with Gasteiger partial charge in [0.2, 0.25) is 0 Å². The smallest absolute Gasteiger partial charge is 0.0682 e. The van der Waals surface area contributed by atoms with Crippen molar-refractivity contribution in [1.82, 2.24) is 0 Å². The fourth-order valence-electron chi connectivity index (χ4n) is 0.407. The average Bonchev–Trinajstić information content (AvgIpc) is 1.69. The van der Waals surface area contributed by atoms with Crippen molar-refractivity contribution < 1.29 is 4.29 Å². The van der Waals surface area contributed by atoms with Crippen molar-refractivity contribution in [1.29, 1.82) is 0 Å². The quantitative estimate of drug-likeness (QED) is 0.432. The minimum atomic E-state index is 0. The predicted molar refractivity (Wildman–Crippen MR) is 42.7 cm³/mol. The van der Waals surface area contributed by atoms with Crippen LogP contribution in [0.5, 0.6) is 0 Å². The van der Waals surface area contributed by atoms with Crippen LogP contribution in [0.4, 0.5) is 0 Å². The summed E-state index contributed by atoms with van der Waals surface area (Å²) in [5.74, 6) is 0. The molecule has 1 nitrogen and oxygen atoms in total. The van der Waals surface area contributed by atoms with Crippen LogP contribution in [0.25, 0.3) is 0 Å². The zero-order chi connectivity index (χ0) is 5.54. The van der Waals surface area contributed by atoms with Gasteiger partial charge in [-0.1, -0.05) is 19.8 Å². The van der Waals surface area contributed by atoms with Crippen LogP contribution in [0.15, 0.2) is 0 Å². The van der Waals surface area contributed by atoms with Gasteiger partial charge in [-0.3, -0.25) is 4.29 Å². The maximum Gasteiger partial charge on any atom is 0.0682 e. The summed E-state index contributed by atoms with van der Waals surface area (Å²) in [5, 5.41) is 0. The first kappa shape index (κ1) is 11.3. The standard InChI is InChI=1S/C5H11ClO.H4Si/c1-2-3-4-5-7-6;/h2-5H2,1H3;1H4. The Balaban J connectivity index is 0. The number of rotatable bonds is 4. The van der Waals surface area contributed by atoms with Crippen molar-refractivity contribution in [2.24, 2.45) is 0 Å². The molecule has 0 radical (unpaired) electrons. The summed E-state index contributed by atoms with van der Waals surface area (Å²) in [4.78, 5) is 0. The van der Waals surface area contributed by atoms with E-state index in [0.29, 0.717) is 6.61 Å². The normalized spacial score (nSPS) is 8.25. The van der Waals surface area contributed by atoms with Crippen LogP contribution in [0.1, 0.15) is 26.2 Å². The van der Waals surface area contributed by atoms with E-state index in [1.165, 1.54) is 12.8 Å². The summed E-state index contributed by atoms with van der Waals surface area (Å²) in [6, 6.07) is 0. The van der Waals surface area contributed by atoms with Gasteiger partial charge in [0, 0.05) is 0 Å². The molecule has 8 heavy (non-hydrogen) atoms. The average molecular weight is 155 g/mol. The molecule has 0 aromatic rings. The molecule has 52 valence electrons. The molecule has 0 aromatic heterocycles. The molecule has 0 unspecified atom stereocenters. The van der Waals surface area contributed by atoms with Gasteiger partial charge in [-0.2, -0.15) is 0 Å². The Morgan fingerprint density at radius 1 is 1.38 bits per heavy atom. The highest BCUT2D eigenvalue weighted by Gasteiger charge is 1.81. The number of unbranched alkanes of at least 4 members (excludes halogenated alkanes) is 2. The summed E-state index contributed by atoms with van der Waals surface area (Å²) < 4.78 is 4.32. The molecule has 0 saturated carbocycles. The second kappa shape index (κ2) is 10.4. The van der Waals surface area contributed by atoms with E-state index in [0.717, 1.165) is 6.42 Å². The highest BCUT2D eigenvalue weighted by Crippen LogP contribution is 1.94. The lowest BCUT2D eigenvalue weighted by atomic mass is 10.3. The third-order valence-corrected chi connectivity index (χ3v) is 0.979. The van der Waals surface area contributed by atoms with Crippen LogP contribution in [-0.4, -0.2) is 17.6 Å². The van der Waals surface area contributed by atoms with Crippen molar-refractivity contribution in [2.45, 2.75) is 26.2 Å². The predicted octanol–water partition coefficient (Wildman–Crippen LogP) is 0.895. The van der Waals surface area contributed by atoms with Crippen LogP contribution >= 0.6 is 11.9 Å². The Morgan fingerprint density at radius 3 is 2.38 bits per heavy atom. The van der Waals surface area contributed by atoms with Crippen molar-refractivity contribution >= 4 is 22.8 Å². The van der Waals surface area contributed by atoms with E-state index in [-0.39, 0.29) is 11.0 Å². The summed E-state index contributed by atoms with van der Waals surface area (Å²) in [6.45, 7) is 2.84. The van der Waals surface area contributed by atoms with Crippen molar-refractivity contribution in [3.63, 3.8) is 0 Å². The molecule has 0 spiro atoms. The number of halogens is 1. The van der Waals surface area contributed by atoms with Crippen LogP contribution in [0.2, 0.25) is 0 Å². The molecule has 0 atom stereocenters. The van der Waals surface area contributed by atoms with Gasteiger partial charge < -0.3 is 0 Å². The van der Waals surface area contributed by atoms with E-state index in [9.17, 15) is 0 Å². The lowest BCUT2D eigenvalue weighted by Crippen LogP contribution is -1.81. The second-order valence-corrected chi connectivity index (χ2v) is 1.74. The van der Waals surface area contributed by atoms with E-state index in [1.54, 1.807) is 0 Å². The number of hydrogen-bond donors (Lipinski definition) is 0. The van der Waals surface area contributed by atoms with Gasteiger partial charge in [0.1, 0.15) is 0 Å². The van der Waals surface area contributed by atoms with E-state index in [1.807, 2.05) is 0 Å². The fourth-order valence-corrected chi connectivity index (χ4v) is 0.516. The molecule has 0 heterocycles. The monoisotopic (exact) mass is 154 g/mol. The summed E-state index contributed by atoms with van der Waals surface area (Å²) in [7, 11) is 0. The van der Waals surface area contributed by atoms with Gasteiger partial charge in [-0.15, -0.1) is 0 Å². The van der Waals surface area contributed by atoms with Gasteiger partial charge in [0.05, 0.1) is 18.5 Å². The Bertz CT molecular complexity index is 31.6. The molecular weight excluding hydrogens is 140 g/mol. The summed E-state index contributed by atoms with van der Waals surface area (Å²) in [6.07, 6.45) is 3.52. The molecule has 0 N–H and O–H groups in total. The molecule has 0 fully saturated rings. The maximum atomic E-state index is 4.94. The second-order valence-electron chi connectivity index (χ2n) is 1.52. The molecule has 0 aliphatic heterocycles. The van der Waals surface area contributed by atoms with Crippen molar-refractivity contribution in [3.05, 3.63) is 0 Å². The maximum absolute atomic E-state index is 4.94. The zero-order valence-corrected chi connectivity index (χ0v) is 5.37. The van der Waals surface area contributed by atoms with Crippen LogP contribution in [-0.2, 0) is 4.29 Å². The third kappa shape index (κ3) is 9.69. The lowest BCUT2D eigenvalue weighted by Gasteiger charge is -1.90. The Morgan fingerprint density at radius 2 is 2.00 bits per heavy atom. The van der Waals surface area contributed by atoms with Crippen molar-refractivity contribution in [2.75, 3.05) is 6.61 Å². The highest BCUT2D eigenvalue weighted by molar-refractivity contribution is 6.07. The topological polar surface area (TPSA) is 9.23 Å². The molecule has 0 bridgehead atoms. The van der Waals surface area contributed by atoms with E-state index in [4.69, 9.17) is 11.9 Å². The number of hydrogen-bond acceptors (Lipinski definition) is 1. The molecular formula is C5H15ClOSi. The van der Waals surface area contributed by atoms with E-state index in [2.05, 4.69) is 11.2 Å². The molecule has 0 aromatic carbocycles. The minimum Gasteiger partial charge on any atom is -0.279 e. The van der Waals surface area contributed by atoms with E-state index < -0.39 is 0 Å². The van der Waals surface area contributed by atoms with E-state index >= 15 is 0 Å². The van der Waals surface area contributed by atoms with Crippen LogP contribution in [0, 0.1) is 0 Å². The summed E-state index contributed by atoms with van der Waals surface area (Å²) in [5.41, 5.74) is 0. The van der Waals surface area contributed by atoms with Crippen molar-refractivity contribution in [3.8, 4) is 0 Å². The first-order valence-electron chi connectivity index (χ1n) is 2.65. The van der Waals surface area contributed by atoms with Gasteiger partial charge in [0.15, 0.2) is 0 Å². The zero-order valence-electron chi connectivity index (χ0n) is 4.61. The first-order valence-corrected chi connectivity index (χ1v) is 2.96. The Labute approximate surface area is 60.6 Å². The first-order chi connectivity index (χ1) is 3.41. The molecule has 0 rings (SSSR count). The van der Waals surface area contributed by atoms with Crippen LogP contribution < -0.4 is 0 Å². The SMILES string of the molecule is CCCCCOCl.[SiH4]. The molecule has 0 saturated heterocycles. The van der Waals surface area contributed by atoms with Gasteiger partial charge in [-0.25, -0.2) is 0 Å². The van der Waals surface area contributed by atoms with Crippen LogP contribution in [0.3, 0.4) is 0 Å². The Kier molecular flexibility index (Phi) is 14.7. The molecule has 0 aliphatic carbocycles. The fraction of sp³-hybridized carbons (Fsp3) is 1.00. The Hall–Kier alpha value is 0.467. The third-order valence-electron chi connectivity index (χ3n) is 0.825. The molecule has 3 heteroatoms. The summed E-state index contributed by atoms with van der Waals surface area (Å²) >= 11 is 4.94. The lowest BCUT2D eigenvalue weighted by molar-refractivity contribution is 0.337. The molecule has 0 aliphatic rings. The van der Waals surface area contributed by atoms with Gasteiger partial charge >= 0.3 is 0 Å².